The number of amides is 2. The zero-order valence-electron chi connectivity index (χ0n) is 11.2. The smallest absolute Gasteiger partial charge is 0.242 e. The Hall–Kier alpha value is -2.43. The molecule has 1 saturated heterocycles. The summed E-state index contributed by atoms with van der Waals surface area (Å²) in [6.07, 6.45) is 1.74. The van der Waals surface area contributed by atoms with Crippen molar-refractivity contribution in [2.45, 2.75) is 19.5 Å². The third-order valence-electron chi connectivity index (χ3n) is 3.64. The number of carbonyl (C=O) groups is 2. The maximum Gasteiger partial charge on any atom is 0.242 e. The number of piperazine rings is 1. The molecule has 2 amide bonds. The van der Waals surface area contributed by atoms with Gasteiger partial charge in [0.2, 0.25) is 11.8 Å². The third kappa shape index (κ3) is 2.11. The van der Waals surface area contributed by atoms with Crippen molar-refractivity contribution in [1.82, 2.24) is 15.2 Å². The summed E-state index contributed by atoms with van der Waals surface area (Å²) in [6.45, 7) is 2.22. The fourth-order valence-corrected chi connectivity index (χ4v) is 2.47. The zero-order chi connectivity index (χ0) is 14.1. The van der Waals surface area contributed by atoms with Gasteiger partial charge in [0.25, 0.3) is 0 Å². The number of benzene rings is 1. The zero-order valence-corrected chi connectivity index (χ0v) is 11.2. The molecule has 3 rings (SSSR count). The number of fused-ring (bicyclic) bond motifs is 1. The predicted molar refractivity (Wildman–Crippen MR) is 74.8 cm³/mol. The number of carbonyl (C=O) groups excluding carboxylic acids is 2. The van der Waals surface area contributed by atoms with E-state index in [0.717, 1.165) is 16.5 Å². The maximum atomic E-state index is 12.0. The Bertz CT molecular complexity index is 678. The van der Waals surface area contributed by atoms with E-state index in [1.807, 2.05) is 30.3 Å². The first-order valence-corrected chi connectivity index (χ1v) is 6.56. The Balaban J connectivity index is 1.96. The standard InChI is InChI=1S/C15H15N3O2/c1-10-15(20)17-8-13(19)18(10)9-12-5-2-4-11-6-3-7-16-14(11)12/h2-7,10H,8-9H2,1H3,(H,17,20). The number of hydrogen-bond acceptors (Lipinski definition) is 3. The lowest BCUT2D eigenvalue weighted by molar-refractivity contribution is -0.145. The molecule has 0 saturated carbocycles. The molecule has 20 heavy (non-hydrogen) atoms. The van der Waals surface area contributed by atoms with Crippen LogP contribution >= 0.6 is 0 Å². The number of para-hydroxylation sites is 1. The lowest BCUT2D eigenvalue weighted by Gasteiger charge is -2.32. The summed E-state index contributed by atoms with van der Waals surface area (Å²) >= 11 is 0. The number of hydrogen-bond donors (Lipinski definition) is 1. The lowest BCUT2D eigenvalue weighted by Crippen LogP contribution is -2.56. The Morgan fingerprint density at radius 1 is 1.30 bits per heavy atom. The molecule has 1 fully saturated rings. The fourth-order valence-electron chi connectivity index (χ4n) is 2.47. The highest BCUT2D eigenvalue weighted by molar-refractivity contribution is 5.94. The highest BCUT2D eigenvalue weighted by atomic mass is 16.2. The van der Waals surface area contributed by atoms with Crippen LogP contribution in [0, 0.1) is 0 Å². The van der Waals surface area contributed by atoms with E-state index in [2.05, 4.69) is 10.3 Å². The average Bonchev–Trinajstić information content (AvgIpc) is 2.48. The summed E-state index contributed by atoms with van der Waals surface area (Å²) in [6, 6.07) is 9.30. The molecule has 2 heterocycles. The van der Waals surface area contributed by atoms with E-state index in [1.54, 1.807) is 18.0 Å². The minimum atomic E-state index is -0.449. The summed E-state index contributed by atoms with van der Waals surface area (Å²) in [5, 5.41) is 3.62. The first-order chi connectivity index (χ1) is 9.66. The minimum absolute atomic E-state index is 0.0648. The predicted octanol–water partition coefficient (Wildman–Crippen LogP) is 1.08. The summed E-state index contributed by atoms with van der Waals surface area (Å²) < 4.78 is 0. The van der Waals surface area contributed by atoms with Gasteiger partial charge in [-0.1, -0.05) is 24.3 Å². The van der Waals surface area contributed by atoms with Gasteiger partial charge in [-0.2, -0.15) is 0 Å². The van der Waals surface area contributed by atoms with E-state index < -0.39 is 6.04 Å². The molecule has 1 unspecified atom stereocenters. The number of rotatable bonds is 2. The van der Waals surface area contributed by atoms with E-state index >= 15 is 0 Å². The monoisotopic (exact) mass is 269 g/mol. The van der Waals surface area contributed by atoms with Gasteiger partial charge in [0.15, 0.2) is 0 Å². The second kappa shape index (κ2) is 4.92. The summed E-state index contributed by atoms with van der Waals surface area (Å²) in [7, 11) is 0. The third-order valence-corrected chi connectivity index (χ3v) is 3.64. The quantitative estimate of drug-likeness (QED) is 0.887. The largest absolute Gasteiger partial charge is 0.345 e. The maximum absolute atomic E-state index is 12.0. The fraction of sp³-hybridized carbons (Fsp3) is 0.267. The van der Waals surface area contributed by atoms with Crippen molar-refractivity contribution in [3.63, 3.8) is 0 Å². The SMILES string of the molecule is CC1C(=O)NCC(=O)N1Cc1cccc2cccnc12. The van der Waals surface area contributed by atoms with Crippen molar-refractivity contribution in [1.29, 1.82) is 0 Å². The van der Waals surface area contributed by atoms with E-state index in [9.17, 15) is 9.59 Å². The van der Waals surface area contributed by atoms with Crippen LogP contribution in [0.25, 0.3) is 10.9 Å². The van der Waals surface area contributed by atoms with Crippen molar-refractivity contribution in [2.24, 2.45) is 0 Å². The Kier molecular flexibility index (Phi) is 3.10. The molecular formula is C15H15N3O2. The van der Waals surface area contributed by atoms with Crippen LogP contribution < -0.4 is 5.32 Å². The molecule has 1 aromatic heterocycles. The number of aromatic nitrogens is 1. The molecule has 5 nitrogen and oxygen atoms in total. The normalized spacial score (nSPS) is 19.2. The first kappa shape index (κ1) is 12.6. The molecule has 0 radical (unpaired) electrons. The van der Waals surface area contributed by atoms with Gasteiger partial charge in [-0.05, 0) is 18.6 Å². The Morgan fingerprint density at radius 3 is 2.95 bits per heavy atom. The summed E-state index contributed by atoms with van der Waals surface area (Å²) in [5.41, 5.74) is 1.83. The van der Waals surface area contributed by atoms with Crippen LogP contribution in [0.4, 0.5) is 0 Å². The number of nitrogens with one attached hydrogen (secondary N) is 1. The van der Waals surface area contributed by atoms with Crippen LogP contribution in [-0.2, 0) is 16.1 Å². The van der Waals surface area contributed by atoms with Crippen LogP contribution in [0.3, 0.4) is 0 Å². The molecule has 0 bridgehead atoms. The van der Waals surface area contributed by atoms with E-state index in [0.29, 0.717) is 6.54 Å². The van der Waals surface area contributed by atoms with Gasteiger partial charge >= 0.3 is 0 Å². The highest BCUT2D eigenvalue weighted by Crippen LogP contribution is 2.19. The van der Waals surface area contributed by atoms with Crippen LogP contribution in [-0.4, -0.2) is 34.3 Å². The summed E-state index contributed by atoms with van der Waals surface area (Å²) in [5.74, 6) is -0.178. The second-order valence-electron chi connectivity index (χ2n) is 4.91. The van der Waals surface area contributed by atoms with E-state index in [-0.39, 0.29) is 18.4 Å². The van der Waals surface area contributed by atoms with Gasteiger partial charge in [0.05, 0.1) is 12.1 Å². The van der Waals surface area contributed by atoms with Gasteiger partial charge in [0, 0.05) is 18.1 Å². The second-order valence-corrected chi connectivity index (χ2v) is 4.91. The van der Waals surface area contributed by atoms with Gasteiger partial charge in [-0.25, -0.2) is 0 Å². The van der Waals surface area contributed by atoms with Crippen LogP contribution in [0.2, 0.25) is 0 Å². The highest BCUT2D eigenvalue weighted by Gasteiger charge is 2.31. The van der Waals surface area contributed by atoms with Crippen molar-refractivity contribution in [2.75, 3.05) is 6.54 Å². The van der Waals surface area contributed by atoms with E-state index in [4.69, 9.17) is 0 Å². The molecule has 1 aromatic carbocycles. The first-order valence-electron chi connectivity index (χ1n) is 6.56. The van der Waals surface area contributed by atoms with Crippen molar-refractivity contribution < 1.29 is 9.59 Å². The molecular weight excluding hydrogens is 254 g/mol. The van der Waals surface area contributed by atoms with Gasteiger partial charge < -0.3 is 10.2 Å². The van der Waals surface area contributed by atoms with Crippen LogP contribution in [0.1, 0.15) is 12.5 Å². The average molecular weight is 269 g/mol. The van der Waals surface area contributed by atoms with Crippen molar-refractivity contribution in [3.8, 4) is 0 Å². The van der Waals surface area contributed by atoms with Gasteiger partial charge in [-0.3, -0.25) is 14.6 Å². The van der Waals surface area contributed by atoms with Gasteiger partial charge in [-0.15, -0.1) is 0 Å². The Morgan fingerprint density at radius 2 is 2.10 bits per heavy atom. The molecule has 1 N–H and O–H groups in total. The molecule has 1 aliphatic rings. The lowest BCUT2D eigenvalue weighted by atomic mass is 10.1. The number of pyridine rings is 1. The van der Waals surface area contributed by atoms with Crippen LogP contribution in [0.5, 0.6) is 0 Å². The molecule has 5 heteroatoms. The van der Waals surface area contributed by atoms with Gasteiger partial charge in [0.1, 0.15) is 6.04 Å². The molecule has 102 valence electrons. The molecule has 2 aromatic rings. The Labute approximate surface area is 116 Å². The molecule has 1 aliphatic heterocycles. The van der Waals surface area contributed by atoms with E-state index in [1.165, 1.54) is 0 Å². The van der Waals surface area contributed by atoms with Crippen molar-refractivity contribution >= 4 is 22.7 Å². The number of nitrogens with zero attached hydrogens (tertiary/aromatic N) is 2. The molecule has 1 atom stereocenters. The molecule has 0 spiro atoms. The topological polar surface area (TPSA) is 62.3 Å². The minimum Gasteiger partial charge on any atom is -0.345 e. The molecule has 0 aliphatic carbocycles. The summed E-state index contributed by atoms with van der Waals surface area (Å²) in [4.78, 5) is 29.6. The van der Waals surface area contributed by atoms with Crippen LogP contribution in [0.15, 0.2) is 36.5 Å². The van der Waals surface area contributed by atoms with Crippen molar-refractivity contribution in [3.05, 3.63) is 42.1 Å².